The third kappa shape index (κ3) is 5.87. The number of piperidine rings is 1. The summed E-state index contributed by atoms with van der Waals surface area (Å²) in [5.74, 6) is 0.376. The molecule has 2 aliphatic rings. The van der Waals surface area contributed by atoms with Crippen LogP contribution in [0, 0.1) is 0 Å². The number of hydrogen-bond donors (Lipinski definition) is 3. The van der Waals surface area contributed by atoms with E-state index in [0.29, 0.717) is 43.8 Å². The molecule has 5 rings (SSSR count). The van der Waals surface area contributed by atoms with E-state index >= 15 is 0 Å². The molecule has 0 saturated carbocycles. The van der Waals surface area contributed by atoms with Gasteiger partial charge in [-0.15, -0.1) is 0 Å². The molecule has 1 unspecified atom stereocenters. The lowest BCUT2D eigenvalue weighted by molar-refractivity contribution is -0.0312. The van der Waals surface area contributed by atoms with E-state index < -0.39 is 26.0 Å². The molecule has 13 heteroatoms. The van der Waals surface area contributed by atoms with Gasteiger partial charge >= 0.3 is 0 Å². The summed E-state index contributed by atoms with van der Waals surface area (Å²) in [4.78, 5) is 7.52. The summed E-state index contributed by atoms with van der Waals surface area (Å²) in [6, 6.07) is 11.1. The van der Waals surface area contributed by atoms with Crippen LogP contribution in [-0.4, -0.2) is 93.1 Å². The zero-order chi connectivity index (χ0) is 27.0. The van der Waals surface area contributed by atoms with Gasteiger partial charge in [0.15, 0.2) is 9.84 Å². The van der Waals surface area contributed by atoms with Crippen LogP contribution in [0.3, 0.4) is 0 Å². The van der Waals surface area contributed by atoms with Crippen molar-refractivity contribution in [3.8, 4) is 5.75 Å². The SMILES string of the molecule is CS(=O)(=O)c1cccc(OC[C@@H](O)CNC2COC3(CCN(S(=O)(=O)c4ccc5[nH]cnc5c4)CC3)C2)c1. The molecule has 3 heterocycles. The smallest absolute Gasteiger partial charge is 0.243 e. The Hall–Kier alpha value is -2.55. The highest BCUT2D eigenvalue weighted by atomic mass is 32.2. The molecule has 0 aliphatic carbocycles. The fraction of sp³-hybridized carbons (Fsp3) is 0.480. The molecule has 11 nitrogen and oxygen atoms in total. The predicted octanol–water partition coefficient (Wildman–Crippen LogP) is 1.31. The number of H-pyrrole nitrogens is 1. The van der Waals surface area contributed by atoms with Gasteiger partial charge in [0.1, 0.15) is 18.5 Å². The number of sulfonamides is 1. The highest BCUT2D eigenvalue weighted by Gasteiger charge is 2.44. The molecule has 38 heavy (non-hydrogen) atoms. The minimum atomic E-state index is -3.62. The maximum Gasteiger partial charge on any atom is 0.243 e. The van der Waals surface area contributed by atoms with Crippen LogP contribution in [0.4, 0.5) is 0 Å². The van der Waals surface area contributed by atoms with Gasteiger partial charge in [-0.1, -0.05) is 6.07 Å². The Kier molecular flexibility index (Phi) is 7.50. The van der Waals surface area contributed by atoms with Crippen molar-refractivity contribution in [2.24, 2.45) is 0 Å². The first-order valence-corrected chi connectivity index (χ1v) is 15.8. The Bertz CT molecular complexity index is 1500. The highest BCUT2D eigenvalue weighted by molar-refractivity contribution is 7.90. The van der Waals surface area contributed by atoms with Crippen LogP contribution >= 0.6 is 0 Å². The molecule has 0 radical (unpaired) electrons. The average molecular weight is 565 g/mol. The molecule has 2 aliphatic heterocycles. The van der Waals surface area contributed by atoms with E-state index in [2.05, 4.69) is 15.3 Å². The molecule has 0 bridgehead atoms. The molecule has 206 valence electrons. The van der Waals surface area contributed by atoms with Gasteiger partial charge in [0, 0.05) is 31.9 Å². The van der Waals surface area contributed by atoms with E-state index in [0.717, 1.165) is 18.2 Å². The number of aliphatic hydroxyl groups is 1. The Morgan fingerprint density at radius 2 is 1.97 bits per heavy atom. The number of aromatic nitrogens is 2. The van der Waals surface area contributed by atoms with Gasteiger partial charge in [0.25, 0.3) is 0 Å². The number of ether oxygens (including phenoxy) is 2. The normalized spacial score (nSPS) is 21.2. The Balaban J connectivity index is 1.09. The number of hydrogen-bond acceptors (Lipinski definition) is 9. The van der Waals surface area contributed by atoms with Crippen LogP contribution in [0.25, 0.3) is 11.0 Å². The molecule has 3 aromatic rings. The monoisotopic (exact) mass is 564 g/mol. The Morgan fingerprint density at radius 3 is 2.74 bits per heavy atom. The number of sulfone groups is 1. The lowest BCUT2D eigenvalue weighted by Gasteiger charge is -2.38. The summed E-state index contributed by atoms with van der Waals surface area (Å²) in [5, 5.41) is 13.7. The van der Waals surface area contributed by atoms with Gasteiger partial charge in [-0.3, -0.25) is 0 Å². The number of fused-ring (bicyclic) bond motifs is 1. The number of benzene rings is 2. The average Bonchev–Trinajstić information content (AvgIpc) is 3.53. The van der Waals surface area contributed by atoms with Crippen molar-refractivity contribution in [2.75, 3.05) is 39.1 Å². The molecule has 0 amide bonds. The predicted molar refractivity (Wildman–Crippen MR) is 140 cm³/mol. The van der Waals surface area contributed by atoms with Crippen LogP contribution < -0.4 is 10.1 Å². The fourth-order valence-corrected chi connectivity index (χ4v) is 7.15. The molecule has 2 aromatic carbocycles. The third-order valence-corrected chi connectivity index (χ3v) is 10.2. The van der Waals surface area contributed by atoms with Crippen molar-refractivity contribution in [3.63, 3.8) is 0 Å². The second-order valence-electron chi connectivity index (χ2n) is 10.0. The van der Waals surface area contributed by atoms with Crippen molar-refractivity contribution in [2.45, 2.75) is 46.8 Å². The number of rotatable bonds is 9. The van der Waals surface area contributed by atoms with E-state index in [1.165, 1.54) is 16.4 Å². The Labute approximate surface area is 222 Å². The molecular weight excluding hydrogens is 532 g/mol. The minimum Gasteiger partial charge on any atom is -0.491 e. The van der Waals surface area contributed by atoms with E-state index in [-0.39, 0.29) is 34.6 Å². The molecule has 1 aromatic heterocycles. The summed E-state index contributed by atoms with van der Waals surface area (Å²) in [6.07, 6.45) is 3.79. The highest BCUT2D eigenvalue weighted by Crippen LogP contribution is 2.37. The zero-order valence-electron chi connectivity index (χ0n) is 21.0. The van der Waals surface area contributed by atoms with Gasteiger partial charge in [-0.05, 0) is 55.7 Å². The summed E-state index contributed by atoms with van der Waals surface area (Å²) in [7, 11) is -6.96. The lowest BCUT2D eigenvalue weighted by Crippen LogP contribution is -2.47. The summed E-state index contributed by atoms with van der Waals surface area (Å²) in [5.41, 5.74) is 1.02. The maximum atomic E-state index is 13.2. The van der Waals surface area contributed by atoms with Crippen LogP contribution in [0.2, 0.25) is 0 Å². The fourth-order valence-electron chi connectivity index (χ4n) is 5.03. The van der Waals surface area contributed by atoms with Gasteiger partial charge in [0.05, 0.1) is 39.4 Å². The standard InChI is InChI=1S/C25H32N4O7S2/c1-37(31,32)21-4-2-3-20(11-21)35-16-19(30)14-26-18-13-25(36-15-18)7-9-29(10-8-25)38(33,34)22-5-6-23-24(12-22)28-17-27-23/h2-6,11-12,17-19,26,30H,7-10,13-16H2,1H3,(H,27,28)/t18?,19-/m0/s1. The number of aromatic amines is 1. The molecule has 2 fully saturated rings. The summed E-state index contributed by atoms with van der Waals surface area (Å²) in [6.45, 7) is 1.52. The van der Waals surface area contributed by atoms with Crippen LogP contribution in [0.1, 0.15) is 19.3 Å². The van der Waals surface area contributed by atoms with E-state index in [9.17, 15) is 21.9 Å². The Morgan fingerprint density at radius 1 is 1.18 bits per heavy atom. The number of imidazole rings is 1. The van der Waals surface area contributed by atoms with E-state index in [4.69, 9.17) is 9.47 Å². The number of nitrogens with zero attached hydrogens (tertiary/aromatic N) is 2. The van der Waals surface area contributed by atoms with Crippen molar-refractivity contribution in [1.29, 1.82) is 0 Å². The van der Waals surface area contributed by atoms with Crippen molar-refractivity contribution >= 4 is 30.9 Å². The van der Waals surface area contributed by atoms with Crippen molar-refractivity contribution in [3.05, 3.63) is 48.8 Å². The first kappa shape index (κ1) is 27.0. The minimum absolute atomic E-state index is 0.00974. The molecule has 3 N–H and O–H groups in total. The topological polar surface area (TPSA) is 151 Å². The van der Waals surface area contributed by atoms with Gasteiger partial charge in [0.2, 0.25) is 10.0 Å². The number of nitrogens with one attached hydrogen (secondary N) is 2. The summed E-state index contributed by atoms with van der Waals surface area (Å²) >= 11 is 0. The van der Waals surface area contributed by atoms with Crippen LogP contribution in [0.5, 0.6) is 5.75 Å². The molecular formula is C25H32N4O7S2. The molecule has 2 atom stereocenters. The van der Waals surface area contributed by atoms with Crippen molar-refractivity contribution in [1.82, 2.24) is 19.6 Å². The quantitative estimate of drug-likeness (QED) is 0.349. The van der Waals surface area contributed by atoms with Gasteiger partial charge < -0.3 is 24.9 Å². The third-order valence-electron chi connectivity index (χ3n) is 7.19. The van der Waals surface area contributed by atoms with Crippen LogP contribution in [0.15, 0.2) is 58.6 Å². The van der Waals surface area contributed by atoms with Gasteiger partial charge in [-0.2, -0.15) is 4.31 Å². The van der Waals surface area contributed by atoms with Gasteiger partial charge in [-0.25, -0.2) is 21.8 Å². The lowest BCUT2D eigenvalue weighted by atomic mass is 9.88. The zero-order valence-corrected chi connectivity index (χ0v) is 22.7. The first-order chi connectivity index (χ1) is 18.0. The number of aliphatic hydroxyl groups excluding tert-OH is 1. The second kappa shape index (κ2) is 10.5. The van der Waals surface area contributed by atoms with Crippen LogP contribution in [-0.2, 0) is 24.6 Å². The van der Waals surface area contributed by atoms with Crippen molar-refractivity contribution < 1.29 is 31.4 Å². The summed E-state index contributed by atoms with van der Waals surface area (Å²) < 4.78 is 63.0. The largest absolute Gasteiger partial charge is 0.491 e. The molecule has 1 spiro atoms. The second-order valence-corrected chi connectivity index (χ2v) is 14.0. The first-order valence-electron chi connectivity index (χ1n) is 12.5. The van der Waals surface area contributed by atoms with E-state index in [1.54, 1.807) is 36.7 Å². The maximum absolute atomic E-state index is 13.2. The molecule has 2 saturated heterocycles. The van der Waals surface area contributed by atoms with E-state index in [1.807, 2.05) is 0 Å².